The molecular formula is C29H21NS. The lowest BCUT2D eigenvalue weighted by Crippen LogP contribution is -1.91. The molecule has 5 aromatic rings. The van der Waals surface area contributed by atoms with Crippen LogP contribution in [-0.4, -0.2) is 4.98 Å². The highest BCUT2D eigenvalue weighted by Crippen LogP contribution is 2.48. The van der Waals surface area contributed by atoms with Gasteiger partial charge in [-0.25, -0.2) is 4.98 Å². The van der Waals surface area contributed by atoms with Gasteiger partial charge in [0.15, 0.2) is 0 Å². The SMILES string of the molecule is Cc1ccc2nc(-c3ccc4c(c3)Sc3ccccc3-c3ccccc3-4)cc(C)c2c1. The quantitative estimate of drug-likeness (QED) is 0.268. The Labute approximate surface area is 186 Å². The zero-order chi connectivity index (χ0) is 20.9. The van der Waals surface area contributed by atoms with E-state index in [2.05, 4.69) is 105 Å². The minimum Gasteiger partial charge on any atom is -0.248 e. The van der Waals surface area contributed by atoms with Crippen molar-refractivity contribution in [2.75, 3.05) is 0 Å². The molecule has 0 saturated heterocycles. The Hall–Kier alpha value is -3.36. The molecule has 1 aromatic heterocycles. The molecule has 2 heterocycles. The lowest BCUT2D eigenvalue weighted by molar-refractivity contribution is 1.33. The molecule has 0 spiro atoms. The molecule has 0 radical (unpaired) electrons. The van der Waals surface area contributed by atoms with Crippen LogP contribution >= 0.6 is 11.8 Å². The van der Waals surface area contributed by atoms with Crippen LogP contribution in [0.1, 0.15) is 11.1 Å². The normalized spacial score (nSPS) is 12.1. The van der Waals surface area contributed by atoms with Gasteiger partial charge in [-0.2, -0.15) is 0 Å². The van der Waals surface area contributed by atoms with E-state index in [9.17, 15) is 0 Å². The van der Waals surface area contributed by atoms with Crippen molar-refractivity contribution in [2.24, 2.45) is 0 Å². The average molecular weight is 416 g/mol. The fraction of sp³-hybridized carbons (Fsp3) is 0.0690. The van der Waals surface area contributed by atoms with Crippen molar-refractivity contribution in [3.05, 3.63) is 102 Å². The molecule has 31 heavy (non-hydrogen) atoms. The van der Waals surface area contributed by atoms with Crippen molar-refractivity contribution in [3.8, 4) is 33.5 Å². The lowest BCUT2D eigenvalue weighted by atomic mass is 9.94. The largest absolute Gasteiger partial charge is 0.248 e. The molecule has 6 rings (SSSR count). The first-order valence-corrected chi connectivity index (χ1v) is 11.4. The topological polar surface area (TPSA) is 12.9 Å². The van der Waals surface area contributed by atoms with E-state index in [4.69, 9.17) is 4.98 Å². The Morgan fingerprint density at radius 1 is 0.613 bits per heavy atom. The van der Waals surface area contributed by atoms with Crippen molar-refractivity contribution in [1.82, 2.24) is 4.98 Å². The minimum absolute atomic E-state index is 1.03. The van der Waals surface area contributed by atoms with Gasteiger partial charge in [0, 0.05) is 20.7 Å². The predicted octanol–water partition coefficient (Wildman–Crippen LogP) is 8.32. The van der Waals surface area contributed by atoms with Crippen LogP contribution in [0.3, 0.4) is 0 Å². The zero-order valence-corrected chi connectivity index (χ0v) is 18.3. The van der Waals surface area contributed by atoms with E-state index in [1.165, 1.54) is 48.6 Å². The Morgan fingerprint density at radius 2 is 1.32 bits per heavy atom. The summed E-state index contributed by atoms with van der Waals surface area (Å²) in [5.41, 5.74) is 11.0. The molecule has 0 unspecified atom stereocenters. The Kier molecular flexibility index (Phi) is 4.22. The molecule has 148 valence electrons. The summed E-state index contributed by atoms with van der Waals surface area (Å²) in [5.74, 6) is 0. The number of pyridine rings is 1. The van der Waals surface area contributed by atoms with Crippen molar-refractivity contribution in [1.29, 1.82) is 0 Å². The Morgan fingerprint density at radius 3 is 2.13 bits per heavy atom. The van der Waals surface area contributed by atoms with Crippen LogP contribution in [0.15, 0.2) is 101 Å². The summed E-state index contributed by atoms with van der Waals surface area (Å²) in [4.78, 5) is 7.57. The fourth-order valence-electron chi connectivity index (χ4n) is 4.49. The second-order valence-corrected chi connectivity index (χ2v) is 9.28. The van der Waals surface area contributed by atoms with Crippen LogP contribution in [0.5, 0.6) is 0 Å². The molecule has 0 fully saturated rings. The first-order valence-electron chi connectivity index (χ1n) is 10.6. The number of rotatable bonds is 1. The summed E-state index contributed by atoms with van der Waals surface area (Å²) in [6.45, 7) is 4.31. The van der Waals surface area contributed by atoms with Crippen LogP contribution in [0.4, 0.5) is 0 Å². The lowest BCUT2D eigenvalue weighted by Gasteiger charge is -2.12. The molecule has 0 bridgehead atoms. The van der Waals surface area contributed by atoms with Crippen LogP contribution in [0, 0.1) is 13.8 Å². The van der Waals surface area contributed by atoms with Crippen LogP contribution in [0.25, 0.3) is 44.4 Å². The first kappa shape index (κ1) is 18.4. The molecule has 4 aromatic carbocycles. The first-order chi connectivity index (χ1) is 15.2. The maximum atomic E-state index is 5.00. The van der Waals surface area contributed by atoms with Gasteiger partial charge < -0.3 is 0 Å². The van der Waals surface area contributed by atoms with Crippen LogP contribution < -0.4 is 0 Å². The van der Waals surface area contributed by atoms with Gasteiger partial charge in [0.2, 0.25) is 0 Å². The standard InChI is InChI=1S/C29H21NS/c1-18-11-14-26-25(15-18)19(2)16-27(30-26)20-12-13-24-22-8-4-3-7-21(22)23-9-5-6-10-28(23)31-29(24)17-20/h3-17H,1-2H3. The minimum atomic E-state index is 1.03. The molecule has 1 aliphatic heterocycles. The highest BCUT2D eigenvalue weighted by Gasteiger charge is 2.20. The summed E-state index contributed by atoms with van der Waals surface area (Å²) in [5, 5.41) is 1.23. The molecule has 0 amide bonds. The summed E-state index contributed by atoms with van der Waals surface area (Å²) in [7, 11) is 0. The number of hydrogen-bond donors (Lipinski definition) is 0. The molecule has 0 atom stereocenters. The summed E-state index contributed by atoms with van der Waals surface area (Å²) in [6, 6.07) is 32.9. The number of benzene rings is 4. The third-order valence-corrected chi connectivity index (χ3v) is 7.20. The van der Waals surface area contributed by atoms with Gasteiger partial charge >= 0.3 is 0 Å². The molecule has 1 nitrogen and oxygen atoms in total. The third kappa shape index (κ3) is 3.07. The summed E-state index contributed by atoms with van der Waals surface area (Å²) >= 11 is 1.85. The highest BCUT2D eigenvalue weighted by molar-refractivity contribution is 7.99. The van der Waals surface area contributed by atoms with E-state index < -0.39 is 0 Å². The van der Waals surface area contributed by atoms with Gasteiger partial charge in [-0.1, -0.05) is 78.0 Å². The maximum absolute atomic E-state index is 5.00. The highest BCUT2D eigenvalue weighted by atomic mass is 32.2. The smallest absolute Gasteiger partial charge is 0.0712 e. The molecule has 0 aliphatic carbocycles. The molecule has 0 saturated carbocycles. The number of aryl methyl sites for hydroxylation is 2. The number of hydrogen-bond acceptors (Lipinski definition) is 2. The predicted molar refractivity (Wildman–Crippen MR) is 132 cm³/mol. The van der Waals surface area contributed by atoms with Gasteiger partial charge in [-0.05, 0) is 72.0 Å². The van der Waals surface area contributed by atoms with Gasteiger partial charge in [-0.3, -0.25) is 0 Å². The van der Waals surface area contributed by atoms with Crippen molar-refractivity contribution in [2.45, 2.75) is 23.6 Å². The average Bonchev–Trinajstić information content (AvgIpc) is 2.93. The molecular weight excluding hydrogens is 394 g/mol. The summed E-state index contributed by atoms with van der Waals surface area (Å²) < 4.78 is 0. The van der Waals surface area contributed by atoms with Gasteiger partial charge in [-0.15, -0.1) is 0 Å². The number of aromatic nitrogens is 1. The zero-order valence-electron chi connectivity index (χ0n) is 17.5. The van der Waals surface area contributed by atoms with Crippen LogP contribution in [-0.2, 0) is 0 Å². The van der Waals surface area contributed by atoms with Crippen molar-refractivity contribution >= 4 is 22.7 Å². The molecule has 0 N–H and O–H groups in total. The van der Waals surface area contributed by atoms with E-state index in [0.29, 0.717) is 0 Å². The van der Waals surface area contributed by atoms with Gasteiger partial charge in [0.05, 0.1) is 11.2 Å². The Bertz CT molecular complexity index is 1480. The van der Waals surface area contributed by atoms with Gasteiger partial charge in [0.25, 0.3) is 0 Å². The summed E-state index contributed by atoms with van der Waals surface area (Å²) in [6.07, 6.45) is 0. The second-order valence-electron chi connectivity index (χ2n) is 8.20. The third-order valence-electron chi connectivity index (χ3n) is 6.06. The number of nitrogens with zero attached hydrogens (tertiary/aromatic N) is 1. The van der Waals surface area contributed by atoms with E-state index in [1.54, 1.807) is 0 Å². The molecule has 2 heteroatoms. The van der Waals surface area contributed by atoms with Crippen LogP contribution in [0.2, 0.25) is 0 Å². The Balaban J connectivity index is 1.55. The maximum Gasteiger partial charge on any atom is 0.0712 e. The van der Waals surface area contributed by atoms with Gasteiger partial charge in [0.1, 0.15) is 0 Å². The van der Waals surface area contributed by atoms with E-state index in [-0.39, 0.29) is 0 Å². The van der Waals surface area contributed by atoms with Crippen molar-refractivity contribution < 1.29 is 0 Å². The van der Waals surface area contributed by atoms with E-state index >= 15 is 0 Å². The second kappa shape index (κ2) is 7.11. The monoisotopic (exact) mass is 415 g/mol. The van der Waals surface area contributed by atoms with E-state index in [1.807, 2.05) is 11.8 Å². The molecule has 1 aliphatic rings. The fourth-order valence-corrected chi connectivity index (χ4v) is 5.64. The van der Waals surface area contributed by atoms with E-state index in [0.717, 1.165) is 16.8 Å². The van der Waals surface area contributed by atoms with Crippen molar-refractivity contribution in [3.63, 3.8) is 0 Å². The number of fused-ring (bicyclic) bond motifs is 6.